The summed E-state index contributed by atoms with van der Waals surface area (Å²) >= 11 is 0. The average Bonchev–Trinajstić information content (AvgIpc) is 2.94. The molecule has 1 atom stereocenters. The van der Waals surface area contributed by atoms with E-state index in [1.165, 1.54) is 0 Å². The number of rotatable bonds is 6. The van der Waals surface area contributed by atoms with Crippen molar-refractivity contribution in [2.75, 3.05) is 37.7 Å². The van der Waals surface area contributed by atoms with Gasteiger partial charge in [0.2, 0.25) is 5.89 Å². The van der Waals surface area contributed by atoms with Crippen LogP contribution in [0.3, 0.4) is 0 Å². The Morgan fingerprint density at radius 3 is 2.96 bits per heavy atom. The highest BCUT2D eigenvalue weighted by Gasteiger charge is 2.19. The highest BCUT2D eigenvalue weighted by molar-refractivity contribution is 5.37. The first-order valence-electron chi connectivity index (χ1n) is 8.58. The standard InChI is InChI=1S/C17H25N5O2/c1-3-23-14(2)17-19-16(24-20-17)13-21-9-6-10-22(12-11-21)15-7-4-5-8-18-15/h4-5,7-8,14H,3,6,9-13H2,1-2H3/t14-/m0/s1. The predicted octanol–water partition coefficient (Wildman–Crippen LogP) is 2.27. The minimum absolute atomic E-state index is 0.128. The number of anilines is 1. The number of aromatic nitrogens is 3. The van der Waals surface area contributed by atoms with E-state index in [-0.39, 0.29) is 6.10 Å². The van der Waals surface area contributed by atoms with Crippen LogP contribution >= 0.6 is 0 Å². The molecule has 0 unspecified atom stereocenters. The molecule has 3 heterocycles. The van der Waals surface area contributed by atoms with Gasteiger partial charge in [0.15, 0.2) is 5.82 Å². The van der Waals surface area contributed by atoms with Gasteiger partial charge in [-0.05, 0) is 32.4 Å². The van der Waals surface area contributed by atoms with Gasteiger partial charge in [-0.3, -0.25) is 4.90 Å². The molecule has 130 valence electrons. The molecule has 1 fully saturated rings. The zero-order valence-corrected chi connectivity index (χ0v) is 14.4. The minimum atomic E-state index is -0.128. The van der Waals surface area contributed by atoms with Crippen molar-refractivity contribution in [1.82, 2.24) is 20.0 Å². The summed E-state index contributed by atoms with van der Waals surface area (Å²) in [7, 11) is 0. The highest BCUT2D eigenvalue weighted by Crippen LogP contribution is 2.16. The molecular weight excluding hydrogens is 306 g/mol. The molecule has 24 heavy (non-hydrogen) atoms. The third-order valence-electron chi connectivity index (χ3n) is 4.18. The maximum atomic E-state index is 5.50. The van der Waals surface area contributed by atoms with Gasteiger partial charge in [0.25, 0.3) is 0 Å². The van der Waals surface area contributed by atoms with E-state index >= 15 is 0 Å². The molecule has 2 aromatic rings. The Morgan fingerprint density at radius 1 is 1.25 bits per heavy atom. The molecule has 0 saturated carbocycles. The highest BCUT2D eigenvalue weighted by atomic mass is 16.5. The Bertz CT molecular complexity index is 618. The molecule has 0 amide bonds. The number of nitrogens with zero attached hydrogens (tertiary/aromatic N) is 5. The van der Waals surface area contributed by atoms with Crippen LogP contribution in [0.5, 0.6) is 0 Å². The quantitative estimate of drug-likeness (QED) is 0.804. The Labute approximate surface area is 142 Å². The van der Waals surface area contributed by atoms with Gasteiger partial charge >= 0.3 is 0 Å². The van der Waals surface area contributed by atoms with E-state index in [9.17, 15) is 0 Å². The number of ether oxygens (including phenoxy) is 1. The van der Waals surface area contributed by atoms with Crippen molar-refractivity contribution >= 4 is 5.82 Å². The van der Waals surface area contributed by atoms with Crippen LogP contribution in [0.15, 0.2) is 28.9 Å². The lowest BCUT2D eigenvalue weighted by Gasteiger charge is -2.21. The van der Waals surface area contributed by atoms with E-state index < -0.39 is 0 Å². The minimum Gasteiger partial charge on any atom is -0.371 e. The van der Waals surface area contributed by atoms with Crippen molar-refractivity contribution in [2.24, 2.45) is 0 Å². The predicted molar refractivity (Wildman–Crippen MR) is 90.7 cm³/mol. The zero-order chi connectivity index (χ0) is 16.8. The molecule has 1 aliphatic heterocycles. The first-order chi connectivity index (χ1) is 11.8. The van der Waals surface area contributed by atoms with Crippen LogP contribution < -0.4 is 4.90 Å². The van der Waals surface area contributed by atoms with Crippen molar-refractivity contribution in [3.05, 3.63) is 36.1 Å². The van der Waals surface area contributed by atoms with E-state index in [2.05, 4.69) is 31.0 Å². The van der Waals surface area contributed by atoms with Gasteiger partial charge in [-0.25, -0.2) is 4.98 Å². The van der Waals surface area contributed by atoms with Gasteiger partial charge in [0.05, 0.1) is 6.54 Å². The first-order valence-corrected chi connectivity index (χ1v) is 8.58. The number of hydrogen-bond acceptors (Lipinski definition) is 7. The molecule has 0 aromatic carbocycles. The summed E-state index contributed by atoms with van der Waals surface area (Å²) in [6.07, 6.45) is 2.81. The van der Waals surface area contributed by atoms with Crippen molar-refractivity contribution < 1.29 is 9.26 Å². The second kappa shape index (κ2) is 8.21. The van der Waals surface area contributed by atoms with E-state index in [1.54, 1.807) is 0 Å². The Kier molecular flexibility index (Phi) is 5.77. The van der Waals surface area contributed by atoms with E-state index in [0.29, 0.717) is 24.9 Å². The van der Waals surface area contributed by atoms with Crippen LogP contribution in [0.4, 0.5) is 5.82 Å². The first kappa shape index (κ1) is 16.9. The van der Waals surface area contributed by atoms with Crippen LogP contribution in [0.25, 0.3) is 0 Å². The maximum absolute atomic E-state index is 5.50. The molecule has 7 nitrogen and oxygen atoms in total. The van der Waals surface area contributed by atoms with Gasteiger partial charge in [-0.2, -0.15) is 4.98 Å². The van der Waals surface area contributed by atoms with Crippen molar-refractivity contribution in [3.8, 4) is 0 Å². The summed E-state index contributed by atoms with van der Waals surface area (Å²) in [6, 6.07) is 6.05. The van der Waals surface area contributed by atoms with Crippen LogP contribution in [-0.2, 0) is 11.3 Å². The van der Waals surface area contributed by atoms with Crippen molar-refractivity contribution in [3.63, 3.8) is 0 Å². The summed E-state index contributed by atoms with van der Waals surface area (Å²) in [5, 5.41) is 4.03. The monoisotopic (exact) mass is 331 g/mol. The van der Waals surface area contributed by atoms with Crippen molar-refractivity contribution in [2.45, 2.75) is 32.9 Å². The van der Waals surface area contributed by atoms with Crippen LogP contribution in [-0.4, -0.2) is 52.8 Å². The SMILES string of the molecule is CCO[C@@H](C)c1noc(CN2CCCN(c3ccccn3)CC2)n1. The topological polar surface area (TPSA) is 67.5 Å². The average molecular weight is 331 g/mol. The lowest BCUT2D eigenvalue weighted by atomic mass is 10.3. The van der Waals surface area contributed by atoms with E-state index in [4.69, 9.17) is 9.26 Å². The smallest absolute Gasteiger partial charge is 0.240 e. The second-order valence-electron chi connectivity index (χ2n) is 5.95. The fourth-order valence-electron chi connectivity index (χ4n) is 2.91. The molecule has 1 saturated heterocycles. The molecule has 3 rings (SSSR count). The summed E-state index contributed by atoms with van der Waals surface area (Å²) in [5.74, 6) is 2.32. The van der Waals surface area contributed by atoms with Gasteiger partial charge in [-0.1, -0.05) is 11.2 Å². The molecule has 7 heteroatoms. The summed E-state index contributed by atoms with van der Waals surface area (Å²) in [5.41, 5.74) is 0. The Balaban J connectivity index is 1.55. The molecule has 0 radical (unpaired) electrons. The lowest BCUT2D eigenvalue weighted by molar-refractivity contribution is 0.0683. The second-order valence-corrected chi connectivity index (χ2v) is 5.95. The number of hydrogen-bond donors (Lipinski definition) is 0. The van der Waals surface area contributed by atoms with Gasteiger partial charge in [-0.15, -0.1) is 0 Å². The lowest BCUT2D eigenvalue weighted by Crippen LogP contribution is -2.31. The molecule has 0 aliphatic carbocycles. The van der Waals surface area contributed by atoms with Gasteiger partial charge in [0, 0.05) is 39.0 Å². The molecule has 1 aliphatic rings. The Morgan fingerprint density at radius 2 is 2.17 bits per heavy atom. The van der Waals surface area contributed by atoms with Crippen LogP contribution in [0.1, 0.15) is 38.1 Å². The van der Waals surface area contributed by atoms with Crippen molar-refractivity contribution in [1.29, 1.82) is 0 Å². The maximum Gasteiger partial charge on any atom is 0.240 e. The third-order valence-corrected chi connectivity index (χ3v) is 4.18. The zero-order valence-electron chi connectivity index (χ0n) is 14.4. The Hall–Kier alpha value is -1.99. The van der Waals surface area contributed by atoms with Gasteiger partial charge in [0.1, 0.15) is 11.9 Å². The normalized spacial score (nSPS) is 17.7. The fraction of sp³-hybridized carbons (Fsp3) is 0.588. The van der Waals surface area contributed by atoms with Gasteiger partial charge < -0.3 is 14.2 Å². The largest absolute Gasteiger partial charge is 0.371 e. The molecule has 2 aromatic heterocycles. The molecular formula is C17H25N5O2. The summed E-state index contributed by atoms with van der Waals surface area (Å²) in [6.45, 7) is 9.16. The number of pyridine rings is 1. The van der Waals surface area contributed by atoms with E-state index in [1.807, 2.05) is 32.2 Å². The molecule has 0 spiro atoms. The van der Waals surface area contributed by atoms with Crippen LogP contribution in [0, 0.1) is 0 Å². The summed E-state index contributed by atoms with van der Waals surface area (Å²) < 4.78 is 10.9. The van der Waals surface area contributed by atoms with Crippen LogP contribution in [0.2, 0.25) is 0 Å². The summed E-state index contributed by atoms with van der Waals surface area (Å²) in [4.78, 5) is 13.6. The third kappa shape index (κ3) is 4.30. The van der Waals surface area contributed by atoms with E-state index in [0.717, 1.165) is 38.4 Å². The molecule has 0 bridgehead atoms. The fourth-order valence-corrected chi connectivity index (χ4v) is 2.91. The molecule has 0 N–H and O–H groups in total.